The molecule has 9 heteroatoms. The number of amides is 2. The van der Waals surface area contributed by atoms with Crippen LogP contribution in [0.1, 0.15) is 23.0 Å². The van der Waals surface area contributed by atoms with Crippen LogP contribution in [0.5, 0.6) is 5.75 Å². The maximum atomic E-state index is 12.4. The molecule has 0 fully saturated rings. The summed E-state index contributed by atoms with van der Waals surface area (Å²) in [5, 5.41) is 6.63. The Hall–Kier alpha value is -3.98. The monoisotopic (exact) mass is 447 g/mol. The molecule has 32 heavy (non-hydrogen) atoms. The summed E-state index contributed by atoms with van der Waals surface area (Å²) in [5.74, 6) is -0.328. The molecule has 0 aliphatic rings. The number of benzene rings is 2. The summed E-state index contributed by atoms with van der Waals surface area (Å²) in [5.41, 5.74) is 7.65. The molecule has 0 atom stereocenters. The number of para-hydroxylation sites is 2. The van der Waals surface area contributed by atoms with Gasteiger partial charge in [-0.05, 0) is 30.2 Å². The van der Waals surface area contributed by atoms with Gasteiger partial charge in [0, 0.05) is 17.1 Å². The summed E-state index contributed by atoms with van der Waals surface area (Å²) in [7, 11) is 0. The highest BCUT2D eigenvalue weighted by atomic mass is 32.1. The van der Waals surface area contributed by atoms with Crippen molar-refractivity contribution in [3.8, 4) is 22.0 Å². The van der Waals surface area contributed by atoms with E-state index in [0.717, 1.165) is 23.2 Å². The maximum Gasteiger partial charge on any atom is 0.289 e. The molecule has 4 rings (SSSR count). The van der Waals surface area contributed by atoms with Gasteiger partial charge in [-0.25, -0.2) is 9.67 Å². The lowest BCUT2D eigenvalue weighted by molar-refractivity contribution is -0.123. The van der Waals surface area contributed by atoms with Crippen LogP contribution < -0.4 is 15.6 Å². The van der Waals surface area contributed by atoms with Crippen LogP contribution in [0.4, 0.5) is 0 Å². The van der Waals surface area contributed by atoms with E-state index in [2.05, 4.69) is 20.9 Å². The van der Waals surface area contributed by atoms with Crippen molar-refractivity contribution in [3.63, 3.8) is 0 Å². The third-order valence-corrected chi connectivity index (χ3v) is 5.51. The van der Waals surface area contributed by atoms with Crippen LogP contribution in [0.2, 0.25) is 0 Å². The van der Waals surface area contributed by atoms with Gasteiger partial charge < -0.3 is 4.74 Å². The molecular formula is C23H21N5O3S. The van der Waals surface area contributed by atoms with Crippen LogP contribution in [0.25, 0.3) is 16.3 Å². The predicted molar refractivity (Wildman–Crippen MR) is 122 cm³/mol. The number of carbonyl (C=O) groups is 2. The Balaban J connectivity index is 1.31. The Kier molecular flexibility index (Phi) is 6.57. The zero-order valence-electron chi connectivity index (χ0n) is 17.3. The van der Waals surface area contributed by atoms with Gasteiger partial charge in [0.1, 0.15) is 16.5 Å². The predicted octanol–water partition coefficient (Wildman–Crippen LogP) is 3.40. The molecule has 0 unspecified atom stereocenters. The number of hydrogen-bond donors (Lipinski definition) is 2. The highest BCUT2D eigenvalue weighted by Gasteiger charge is 2.14. The molecule has 0 spiro atoms. The van der Waals surface area contributed by atoms with Crippen LogP contribution in [-0.4, -0.2) is 33.2 Å². The highest BCUT2D eigenvalue weighted by molar-refractivity contribution is 7.13. The van der Waals surface area contributed by atoms with E-state index in [9.17, 15) is 9.59 Å². The van der Waals surface area contributed by atoms with Gasteiger partial charge in [-0.1, -0.05) is 43.3 Å². The first kappa shape index (κ1) is 21.3. The van der Waals surface area contributed by atoms with Crippen LogP contribution >= 0.6 is 11.3 Å². The van der Waals surface area contributed by atoms with Gasteiger partial charge in [-0.3, -0.25) is 20.4 Å². The number of hydrogen-bond acceptors (Lipinski definition) is 6. The molecule has 0 radical (unpaired) electrons. The van der Waals surface area contributed by atoms with Crippen LogP contribution in [0.15, 0.2) is 72.4 Å². The van der Waals surface area contributed by atoms with Crippen LogP contribution in [0.3, 0.4) is 0 Å². The van der Waals surface area contributed by atoms with E-state index < -0.39 is 11.8 Å². The Labute approximate surface area is 188 Å². The molecule has 8 nitrogen and oxygen atoms in total. The van der Waals surface area contributed by atoms with Gasteiger partial charge >= 0.3 is 0 Å². The third-order valence-electron chi connectivity index (χ3n) is 4.61. The standard InChI is InChI=1S/C23H21N5O3S/c1-2-16-8-6-7-11-20(16)31-14-21(29)26-27-22(30)19-15-32-23(25-19)17-12-24-28(13-17)18-9-4-3-5-10-18/h3-13,15H,2,14H2,1H3,(H,26,29)(H,27,30). The molecule has 2 aromatic heterocycles. The summed E-state index contributed by atoms with van der Waals surface area (Å²) in [6.07, 6.45) is 4.34. The molecule has 2 aromatic carbocycles. The van der Waals surface area contributed by atoms with E-state index >= 15 is 0 Å². The first-order valence-corrected chi connectivity index (χ1v) is 10.9. The summed E-state index contributed by atoms with van der Waals surface area (Å²) in [6, 6.07) is 17.2. The van der Waals surface area contributed by atoms with Gasteiger partial charge in [0.25, 0.3) is 11.8 Å². The minimum atomic E-state index is -0.509. The summed E-state index contributed by atoms with van der Waals surface area (Å²) in [6.45, 7) is 1.80. The van der Waals surface area contributed by atoms with E-state index in [1.54, 1.807) is 22.3 Å². The number of aromatic nitrogens is 3. The zero-order chi connectivity index (χ0) is 22.3. The summed E-state index contributed by atoms with van der Waals surface area (Å²) < 4.78 is 7.29. The number of hydrazine groups is 1. The average Bonchev–Trinajstić information content (AvgIpc) is 3.52. The second kappa shape index (κ2) is 9.88. The van der Waals surface area contributed by atoms with Crippen molar-refractivity contribution in [3.05, 3.63) is 83.6 Å². The van der Waals surface area contributed by atoms with Gasteiger partial charge in [0.2, 0.25) is 0 Å². The highest BCUT2D eigenvalue weighted by Crippen LogP contribution is 2.24. The van der Waals surface area contributed by atoms with E-state index in [1.807, 2.05) is 61.7 Å². The van der Waals surface area contributed by atoms with E-state index in [1.165, 1.54) is 11.3 Å². The SMILES string of the molecule is CCc1ccccc1OCC(=O)NNC(=O)c1csc(-c2cnn(-c3ccccc3)c2)n1. The molecule has 0 saturated carbocycles. The molecule has 2 N–H and O–H groups in total. The molecule has 2 amide bonds. The fraction of sp³-hybridized carbons (Fsp3) is 0.130. The minimum Gasteiger partial charge on any atom is -0.483 e. The first-order chi connectivity index (χ1) is 15.6. The maximum absolute atomic E-state index is 12.4. The number of rotatable bonds is 7. The van der Waals surface area contributed by atoms with E-state index in [0.29, 0.717) is 10.8 Å². The molecule has 4 aromatic rings. The smallest absolute Gasteiger partial charge is 0.289 e. The number of nitrogens with one attached hydrogen (secondary N) is 2. The van der Waals surface area contributed by atoms with E-state index in [4.69, 9.17) is 4.74 Å². The zero-order valence-corrected chi connectivity index (χ0v) is 18.1. The first-order valence-electron chi connectivity index (χ1n) is 10.00. The quantitative estimate of drug-likeness (QED) is 0.423. The summed E-state index contributed by atoms with van der Waals surface area (Å²) in [4.78, 5) is 28.7. The molecule has 0 bridgehead atoms. The number of ether oxygens (including phenoxy) is 1. The van der Waals surface area contributed by atoms with Crippen molar-refractivity contribution in [2.45, 2.75) is 13.3 Å². The number of aryl methyl sites for hydroxylation is 1. The Morgan fingerprint density at radius 2 is 1.84 bits per heavy atom. The number of carbonyl (C=O) groups excluding carboxylic acids is 2. The molecule has 0 aliphatic heterocycles. The average molecular weight is 448 g/mol. The van der Waals surface area contributed by atoms with E-state index in [-0.39, 0.29) is 12.3 Å². The lowest BCUT2D eigenvalue weighted by Crippen LogP contribution is -2.44. The molecule has 162 valence electrons. The fourth-order valence-corrected chi connectivity index (χ4v) is 3.75. The summed E-state index contributed by atoms with van der Waals surface area (Å²) >= 11 is 1.32. The molecular weight excluding hydrogens is 426 g/mol. The molecule has 2 heterocycles. The van der Waals surface area contributed by atoms with Crippen molar-refractivity contribution in [1.82, 2.24) is 25.6 Å². The van der Waals surface area contributed by atoms with Crippen molar-refractivity contribution in [2.75, 3.05) is 6.61 Å². The number of nitrogens with zero attached hydrogens (tertiary/aromatic N) is 3. The van der Waals surface area contributed by atoms with Crippen molar-refractivity contribution < 1.29 is 14.3 Å². The molecule has 0 saturated heterocycles. The Morgan fingerprint density at radius 3 is 2.66 bits per heavy atom. The van der Waals surface area contributed by atoms with Crippen molar-refractivity contribution in [2.24, 2.45) is 0 Å². The van der Waals surface area contributed by atoms with Crippen LogP contribution in [0, 0.1) is 0 Å². The Bertz CT molecular complexity index is 1220. The number of thiazole rings is 1. The molecule has 0 aliphatic carbocycles. The van der Waals surface area contributed by atoms with Crippen molar-refractivity contribution >= 4 is 23.2 Å². The largest absolute Gasteiger partial charge is 0.483 e. The second-order valence-electron chi connectivity index (χ2n) is 6.80. The van der Waals surface area contributed by atoms with Crippen LogP contribution in [-0.2, 0) is 11.2 Å². The van der Waals surface area contributed by atoms with Gasteiger partial charge in [-0.15, -0.1) is 11.3 Å². The third kappa shape index (κ3) is 5.01. The normalized spacial score (nSPS) is 10.5. The lowest BCUT2D eigenvalue weighted by Gasteiger charge is -2.10. The lowest BCUT2D eigenvalue weighted by atomic mass is 10.1. The van der Waals surface area contributed by atoms with Crippen molar-refractivity contribution in [1.29, 1.82) is 0 Å². The Morgan fingerprint density at radius 1 is 1.06 bits per heavy atom. The van der Waals surface area contributed by atoms with Gasteiger partial charge in [0.15, 0.2) is 6.61 Å². The minimum absolute atomic E-state index is 0.204. The van der Waals surface area contributed by atoms with Gasteiger partial charge in [0.05, 0.1) is 11.9 Å². The fourth-order valence-electron chi connectivity index (χ4n) is 2.97. The van der Waals surface area contributed by atoms with Gasteiger partial charge in [-0.2, -0.15) is 5.10 Å². The topological polar surface area (TPSA) is 98.1 Å². The second-order valence-corrected chi connectivity index (χ2v) is 7.66.